The van der Waals surface area contributed by atoms with Gasteiger partial charge in [-0.25, -0.2) is 8.78 Å². The van der Waals surface area contributed by atoms with E-state index < -0.39 is 11.6 Å². The third-order valence-electron chi connectivity index (χ3n) is 4.17. The van der Waals surface area contributed by atoms with Crippen LogP contribution >= 0.6 is 27.5 Å². The van der Waals surface area contributed by atoms with Gasteiger partial charge in [0.25, 0.3) is 11.8 Å². The molecule has 3 rings (SSSR count). The van der Waals surface area contributed by atoms with Gasteiger partial charge in [0.1, 0.15) is 11.6 Å². The van der Waals surface area contributed by atoms with Crippen molar-refractivity contribution < 1.29 is 18.4 Å². The number of piperazine rings is 1. The second-order valence-electron chi connectivity index (χ2n) is 5.83. The van der Waals surface area contributed by atoms with Gasteiger partial charge in [0.05, 0.1) is 16.1 Å². The maximum atomic E-state index is 13.4. The van der Waals surface area contributed by atoms with E-state index in [1.165, 1.54) is 30.3 Å². The highest BCUT2D eigenvalue weighted by atomic mass is 79.9. The maximum absolute atomic E-state index is 13.4. The second kappa shape index (κ2) is 7.72. The highest BCUT2D eigenvalue weighted by Crippen LogP contribution is 2.22. The molecule has 0 saturated carbocycles. The molecule has 136 valence electrons. The molecule has 2 aromatic carbocycles. The molecule has 0 spiro atoms. The van der Waals surface area contributed by atoms with Crippen LogP contribution in [0.25, 0.3) is 0 Å². The van der Waals surface area contributed by atoms with Gasteiger partial charge in [-0.3, -0.25) is 9.59 Å². The Labute approximate surface area is 162 Å². The van der Waals surface area contributed by atoms with E-state index in [0.29, 0.717) is 30.7 Å². The summed E-state index contributed by atoms with van der Waals surface area (Å²) >= 11 is 9.20. The molecule has 0 N–H and O–H groups in total. The first-order chi connectivity index (χ1) is 12.4. The average Bonchev–Trinajstić information content (AvgIpc) is 2.63. The summed E-state index contributed by atoms with van der Waals surface area (Å²) in [5, 5.41) is 0.0530. The molecule has 0 aliphatic carbocycles. The number of hydrogen-bond donors (Lipinski definition) is 0. The van der Waals surface area contributed by atoms with E-state index in [2.05, 4.69) is 15.9 Å². The lowest BCUT2D eigenvalue weighted by Crippen LogP contribution is -2.50. The van der Waals surface area contributed by atoms with Crippen molar-refractivity contribution in [3.63, 3.8) is 0 Å². The van der Waals surface area contributed by atoms with Crippen LogP contribution in [0.5, 0.6) is 0 Å². The largest absolute Gasteiger partial charge is 0.335 e. The standard InChI is InChI=1S/C18H14BrClF2N2O2/c19-15-4-2-11(21)9-14(15)18(26)24-7-5-23(6-8-24)17(25)13-3-1-12(22)10-16(13)20/h1-4,9-10H,5-8H2. The molecule has 0 aromatic heterocycles. The molecule has 1 fully saturated rings. The zero-order chi connectivity index (χ0) is 18.8. The number of amides is 2. The number of carbonyl (C=O) groups is 2. The Balaban J connectivity index is 1.68. The number of nitrogens with zero attached hydrogens (tertiary/aromatic N) is 2. The van der Waals surface area contributed by atoms with Crippen LogP contribution in [0, 0.1) is 11.6 Å². The first-order valence-electron chi connectivity index (χ1n) is 7.85. The molecule has 1 heterocycles. The highest BCUT2D eigenvalue weighted by molar-refractivity contribution is 9.10. The molecule has 0 unspecified atom stereocenters. The fourth-order valence-electron chi connectivity index (χ4n) is 2.78. The number of carbonyl (C=O) groups excluding carboxylic acids is 2. The lowest BCUT2D eigenvalue weighted by molar-refractivity contribution is 0.0535. The van der Waals surface area contributed by atoms with E-state index in [1.807, 2.05) is 0 Å². The maximum Gasteiger partial charge on any atom is 0.255 e. The van der Waals surface area contributed by atoms with E-state index in [-0.39, 0.29) is 28.0 Å². The quantitative estimate of drug-likeness (QED) is 0.704. The molecule has 1 aliphatic rings. The van der Waals surface area contributed by atoms with Crippen LogP contribution in [0.4, 0.5) is 8.78 Å². The van der Waals surface area contributed by atoms with Crippen molar-refractivity contribution in [1.82, 2.24) is 9.80 Å². The Morgan fingerprint density at radius 3 is 1.92 bits per heavy atom. The Kier molecular flexibility index (Phi) is 5.58. The molecular weight excluding hydrogens is 430 g/mol. The van der Waals surface area contributed by atoms with Gasteiger partial charge < -0.3 is 9.80 Å². The number of benzene rings is 2. The van der Waals surface area contributed by atoms with Crippen LogP contribution in [-0.2, 0) is 0 Å². The predicted molar refractivity (Wildman–Crippen MR) is 97.3 cm³/mol. The first kappa shape index (κ1) is 18.8. The predicted octanol–water partition coefficient (Wildman–Crippen LogP) is 3.98. The zero-order valence-electron chi connectivity index (χ0n) is 13.5. The van der Waals surface area contributed by atoms with Gasteiger partial charge >= 0.3 is 0 Å². The minimum Gasteiger partial charge on any atom is -0.335 e. The van der Waals surface area contributed by atoms with Crippen LogP contribution < -0.4 is 0 Å². The smallest absolute Gasteiger partial charge is 0.255 e. The molecule has 1 saturated heterocycles. The van der Waals surface area contributed by atoms with Gasteiger partial charge in [-0.1, -0.05) is 11.6 Å². The van der Waals surface area contributed by atoms with E-state index in [4.69, 9.17) is 11.6 Å². The summed E-state index contributed by atoms with van der Waals surface area (Å²) in [7, 11) is 0. The number of hydrogen-bond acceptors (Lipinski definition) is 2. The van der Waals surface area contributed by atoms with Gasteiger partial charge in [0, 0.05) is 30.7 Å². The Hall–Kier alpha value is -1.99. The second-order valence-corrected chi connectivity index (χ2v) is 7.09. The minimum atomic E-state index is -0.511. The summed E-state index contributed by atoms with van der Waals surface area (Å²) in [6.07, 6.45) is 0. The van der Waals surface area contributed by atoms with Crippen molar-refractivity contribution in [3.05, 3.63) is 68.7 Å². The van der Waals surface area contributed by atoms with Crippen molar-refractivity contribution in [3.8, 4) is 0 Å². The van der Waals surface area contributed by atoms with Crippen LogP contribution in [-0.4, -0.2) is 47.8 Å². The van der Waals surface area contributed by atoms with E-state index in [0.717, 1.165) is 6.07 Å². The van der Waals surface area contributed by atoms with Crippen molar-refractivity contribution in [2.75, 3.05) is 26.2 Å². The van der Waals surface area contributed by atoms with E-state index >= 15 is 0 Å². The molecule has 26 heavy (non-hydrogen) atoms. The molecule has 8 heteroatoms. The highest BCUT2D eigenvalue weighted by Gasteiger charge is 2.27. The van der Waals surface area contributed by atoms with Gasteiger partial charge in [-0.15, -0.1) is 0 Å². The minimum absolute atomic E-state index is 0.0530. The number of rotatable bonds is 2. The topological polar surface area (TPSA) is 40.6 Å². The SMILES string of the molecule is O=C(c1ccc(F)cc1Cl)N1CCN(C(=O)c2cc(F)ccc2Br)CC1. The summed E-state index contributed by atoms with van der Waals surface area (Å²) < 4.78 is 27.1. The van der Waals surface area contributed by atoms with E-state index in [9.17, 15) is 18.4 Å². The fourth-order valence-corrected chi connectivity index (χ4v) is 3.44. The monoisotopic (exact) mass is 442 g/mol. The zero-order valence-corrected chi connectivity index (χ0v) is 15.9. The van der Waals surface area contributed by atoms with Crippen molar-refractivity contribution in [2.24, 2.45) is 0 Å². The van der Waals surface area contributed by atoms with Crippen LogP contribution in [0.3, 0.4) is 0 Å². The Morgan fingerprint density at radius 1 is 0.846 bits per heavy atom. The van der Waals surface area contributed by atoms with Gasteiger partial charge in [-0.05, 0) is 52.3 Å². The molecule has 0 atom stereocenters. The summed E-state index contributed by atoms with van der Waals surface area (Å²) in [5.41, 5.74) is 0.465. The van der Waals surface area contributed by atoms with Gasteiger partial charge in [0.2, 0.25) is 0 Å². The molecule has 2 aromatic rings. The Bertz CT molecular complexity index is 870. The molecule has 1 aliphatic heterocycles. The molecule has 2 amide bonds. The Morgan fingerprint density at radius 2 is 1.35 bits per heavy atom. The van der Waals surface area contributed by atoms with Crippen molar-refractivity contribution in [1.29, 1.82) is 0 Å². The summed E-state index contributed by atoms with van der Waals surface area (Å²) in [5.74, 6) is -1.61. The molecular formula is C18H14BrClF2N2O2. The summed E-state index contributed by atoms with van der Waals surface area (Å²) in [4.78, 5) is 28.2. The summed E-state index contributed by atoms with van der Waals surface area (Å²) in [6, 6.07) is 7.56. The number of halogens is 4. The lowest BCUT2D eigenvalue weighted by Gasteiger charge is -2.35. The third kappa shape index (κ3) is 3.88. The van der Waals surface area contributed by atoms with Gasteiger partial charge in [-0.2, -0.15) is 0 Å². The van der Waals surface area contributed by atoms with Gasteiger partial charge in [0.15, 0.2) is 0 Å². The summed E-state index contributed by atoms with van der Waals surface area (Å²) in [6.45, 7) is 1.25. The first-order valence-corrected chi connectivity index (χ1v) is 9.02. The molecule has 0 radical (unpaired) electrons. The van der Waals surface area contributed by atoms with Crippen LogP contribution in [0.1, 0.15) is 20.7 Å². The average molecular weight is 444 g/mol. The third-order valence-corrected chi connectivity index (χ3v) is 5.18. The molecule has 4 nitrogen and oxygen atoms in total. The normalized spacial score (nSPS) is 14.5. The van der Waals surface area contributed by atoms with E-state index in [1.54, 1.807) is 9.80 Å². The molecule has 0 bridgehead atoms. The van der Waals surface area contributed by atoms with Crippen LogP contribution in [0.2, 0.25) is 5.02 Å². The van der Waals surface area contributed by atoms with Crippen molar-refractivity contribution >= 4 is 39.3 Å². The van der Waals surface area contributed by atoms with Crippen LogP contribution in [0.15, 0.2) is 40.9 Å². The lowest BCUT2D eigenvalue weighted by atomic mass is 10.1. The fraction of sp³-hybridized carbons (Fsp3) is 0.222. The van der Waals surface area contributed by atoms with Crippen molar-refractivity contribution in [2.45, 2.75) is 0 Å².